The Morgan fingerprint density at radius 2 is 1.64 bits per heavy atom. The van der Waals surface area contributed by atoms with Crippen LogP contribution in [0.5, 0.6) is 23.0 Å². The third kappa shape index (κ3) is 6.59. The molecule has 5 rings (SSSR count). The summed E-state index contributed by atoms with van der Waals surface area (Å²) in [6.07, 6.45) is 11.6. The Balaban J connectivity index is 1.22. The zero-order chi connectivity index (χ0) is 29.5. The Morgan fingerprint density at radius 1 is 0.929 bits per heavy atom. The predicted molar refractivity (Wildman–Crippen MR) is 162 cm³/mol. The van der Waals surface area contributed by atoms with Gasteiger partial charge in [-0.05, 0) is 57.8 Å². The molecule has 2 aromatic carbocycles. The lowest BCUT2D eigenvalue weighted by Gasteiger charge is -2.32. The molecule has 0 bridgehead atoms. The van der Waals surface area contributed by atoms with E-state index in [0.717, 1.165) is 45.1 Å². The fourth-order valence-electron chi connectivity index (χ4n) is 5.71. The first kappa shape index (κ1) is 29.6. The molecule has 1 amide bonds. The van der Waals surface area contributed by atoms with Gasteiger partial charge in [0.1, 0.15) is 0 Å². The van der Waals surface area contributed by atoms with Gasteiger partial charge in [0.05, 0.1) is 50.4 Å². The molecule has 3 aliphatic heterocycles. The smallest absolute Gasteiger partial charge is 0.256 e. The fraction of sp³-hybridized carbons (Fsp3) is 0.500. The van der Waals surface area contributed by atoms with Gasteiger partial charge in [-0.1, -0.05) is 6.42 Å². The van der Waals surface area contributed by atoms with Gasteiger partial charge in [-0.3, -0.25) is 24.5 Å². The highest BCUT2D eigenvalue weighted by Crippen LogP contribution is 2.38. The highest BCUT2D eigenvalue weighted by Gasteiger charge is 2.31. The van der Waals surface area contributed by atoms with E-state index in [2.05, 4.69) is 21.9 Å². The second kappa shape index (κ2) is 13.8. The van der Waals surface area contributed by atoms with Gasteiger partial charge in [0.2, 0.25) is 0 Å². The third-order valence-corrected chi connectivity index (χ3v) is 8.16. The lowest BCUT2D eigenvalue weighted by atomic mass is 10.0. The van der Waals surface area contributed by atoms with Gasteiger partial charge in [-0.2, -0.15) is 0 Å². The Morgan fingerprint density at radius 3 is 2.38 bits per heavy atom. The van der Waals surface area contributed by atoms with Gasteiger partial charge in [0.25, 0.3) is 5.91 Å². The summed E-state index contributed by atoms with van der Waals surface area (Å²) in [6, 6.07) is 7.19. The summed E-state index contributed by atoms with van der Waals surface area (Å²) < 4.78 is 23.1. The number of carbonyl (C=O) groups excluding carboxylic acids is 2. The number of amides is 1. The highest BCUT2D eigenvalue weighted by molar-refractivity contribution is 6.03. The zero-order valence-corrected chi connectivity index (χ0v) is 24.7. The number of aldehydes is 1. The summed E-state index contributed by atoms with van der Waals surface area (Å²) in [5.41, 5.74) is 2.12. The van der Waals surface area contributed by atoms with Crippen LogP contribution in [0, 0.1) is 0 Å². The summed E-state index contributed by atoms with van der Waals surface area (Å²) in [6.45, 7) is 2.49. The van der Waals surface area contributed by atoms with E-state index >= 15 is 0 Å². The van der Waals surface area contributed by atoms with E-state index in [4.69, 9.17) is 18.9 Å². The number of ether oxygens (including phenoxy) is 4. The molecule has 0 saturated carbocycles. The van der Waals surface area contributed by atoms with E-state index < -0.39 is 0 Å². The van der Waals surface area contributed by atoms with Crippen LogP contribution in [0.3, 0.4) is 0 Å². The molecule has 0 aliphatic carbocycles. The highest BCUT2D eigenvalue weighted by atomic mass is 16.5. The molecule has 2 saturated heterocycles. The number of carbonyl (C=O) groups is 2. The first-order valence-electron chi connectivity index (χ1n) is 14.8. The van der Waals surface area contributed by atoms with Gasteiger partial charge in [0.15, 0.2) is 29.3 Å². The molecule has 0 spiro atoms. The summed E-state index contributed by atoms with van der Waals surface area (Å²) >= 11 is 0. The number of hydrogen-bond donors (Lipinski definition) is 0. The minimum absolute atomic E-state index is 0.0190. The van der Waals surface area contributed by atoms with Crippen LogP contribution < -0.4 is 18.9 Å². The minimum Gasteiger partial charge on any atom is -0.493 e. The molecular formula is C32H40N4O6. The Hall–Kier alpha value is -3.92. The van der Waals surface area contributed by atoms with E-state index in [1.807, 2.05) is 17.3 Å². The van der Waals surface area contributed by atoms with Crippen molar-refractivity contribution in [2.75, 3.05) is 47.6 Å². The number of fused-ring (bicyclic) bond motifs is 2. The maximum atomic E-state index is 13.2. The molecule has 10 nitrogen and oxygen atoms in total. The van der Waals surface area contributed by atoms with Gasteiger partial charge in [-0.25, -0.2) is 0 Å². The molecule has 0 aromatic heterocycles. The van der Waals surface area contributed by atoms with Crippen LogP contribution in [-0.4, -0.2) is 94.1 Å². The standard InChI is InChI=1S/C32H40N4O6/c1-35-11-6-4-9-23(35)19-33-26-17-30(28(39-2)15-22(26)21-37)41-13-8-14-42-31-18-27-25(16-29(31)40-3)32(38)36-12-7-5-10-24(36)20-34-27/h15-21,23-24H,4-14H2,1-3H3. The molecule has 2 fully saturated rings. The molecule has 3 heterocycles. The van der Waals surface area contributed by atoms with Crippen molar-refractivity contribution in [3.05, 3.63) is 35.4 Å². The molecule has 0 radical (unpaired) electrons. The van der Waals surface area contributed by atoms with E-state index in [0.29, 0.717) is 65.1 Å². The van der Waals surface area contributed by atoms with Crippen molar-refractivity contribution in [3.8, 4) is 23.0 Å². The summed E-state index contributed by atoms with van der Waals surface area (Å²) in [5.74, 6) is 1.98. The van der Waals surface area contributed by atoms with Crippen LogP contribution in [-0.2, 0) is 0 Å². The number of hydrogen-bond acceptors (Lipinski definition) is 9. The van der Waals surface area contributed by atoms with Crippen molar-refractivity contribution >= 4 is 36.0 Å². The van der Waals surface area contributed by atoms with E-state index in [1.165, 1.54) is 12.8 Å². The van der Waals surface area contributed by atoms with Crippen molar-refractivity contribution in [2.45, 2.75) is 57.0 Å². The molecule has 2 aromatic rings. The molecule has 2 unspecified atom stereocenters. The van der Waals surface area contributed by atoms with Crippen LogP contribution in [0.1, 0.15) is 65.7 Å². The number of benzene rings is 2. The second-order valence-electron chi connectivity index (χ2n) is 10.9. The van der Waals surface area contributed by atoms with Gasteiger partial charge in [-0.15, -0.1) is 0 Å². The number of nitrogens with zero attached hydrogens (tertiary/aromatic N) is 4. The molecule has 42 heavy (non-hydrogen) atoms. The number of methoxy groups -OCH3 is 2. The molecular weight excluding hydrogens is 536 g/mol. The number of aliphatic imine (C=N–C) groups is 2. The quantitative estimate of drug-likeness (QED) is 0.204. The lowest BCUT2D eigenvalue weighted by molar-refractivity contribution is 0.0687. The average Bonchev–Trinajstić information content (AvgIpc) is 3.15. The van der Waals surface area contributed by atoms with Crippen molar-refractivity contribution in [3.63, 3.8) is 0 Å². The van der Waals surface area contributed by atoms with Crippen molar-refractivity contribution < 1.29 is 28.5 Å². The third-order valence-electron chi connectivity index (χ3n) is 8.16. The van der Waals surface area contributed by atoms with E-state index in [9.17, 15) is 9.59 Å². The summed E-state index contributed by atoms with van der Waals surface area (Å²) in [4.78, 5) is 38.5. The van der Waals surface area contributed by atoms with Crippen LogP contribution in [0.25, 0.3) is 0 Å². The van der Waals surface area contributed by atoms with E-state index in [1.54, 1.807) is 38.5 Å². The largest absolute Gasteiger partial charge is 0.493 e. The van der Waals surface area contributed by atoms with Crippen molar-refractivity contribution in [1.82, 2.24) is 9.80 Å². The Kier molecular flexibility index (Phi) is 9.74. The van der Waals surface area contributed by atoms with Gasteiger partial charge >= 0.3 is 0 Å². The first-order chi connectivity index (χ1) is 20.5. The topological polar surface area (TPSA) is 102 Å². The maximum absolute atomic E-state index is 13.2. The summed E-state index contributed by atoms with van der Waals surface area (Å²) in [5, 5.41) is 0. The number of piperidine rings is 2. The van der Waals surface area contributed by atoms with Crippen LogP contribution in [0.4, 0.5) is 11.4 Å². The molecule has 2 atom stereocenters. The molecule has 3 aliphatic rings. The molecule has 0 N–H and O–H groups in total. The number of rotatable bonds is 11. The maximum Gasteiger partial charge on any atom is 0.256 e. The predicted octanol–water partition coefficient (Wildman–Crippen LogP) is 5.26. The SMILES string of the molecule is COc1cc(C=O)c(N=CC2CCCCN2C)cc1OCCCOc1cc2c(cc1OC)C(=O)N1CCCCC1C=N2. The normalized spacial score (nSPS) is 20.5. The minimum atomic E-state index is -0.0190. The fourth-order valence-corrected chi connectivity index (χ4v) is 5.71. The Labute approximate surface area is 247 Å². The van der Waals surface area contributed by atoms with Gasteiger partial charge < -0.3 is 23.8 Å². The Bertz CT molecular complexity index is 1340. The van der Waals surface area contributed by atoms with Crippen LogP contribution >= 0.6 is 0 Å². The monoisotopic (exact) mass is 576 g/mol. The zero-order valence-electron chi connectivity index (χ0n) is 24.7. The van der Waals surface area contributed by atoms with Crippen LogP contribution in [0.15, 0.2) is 34.3 Å². The van der Waals surface area contributed by atoms with Gasteiger partial charge in [0, 0.05) is 49.1 Å². The van der Waals surface area contributed by atoms with E-state index in [-0.39, 0.29) is 18.0 Å². The average molecular weight is 577 g/mol. The second-order valence-corrected chi connectivity index (χ2v) is 10.9. The molecule has 224 valence electrons. The first-order valence-corrected chi connectivity index (χ1v) is 14.8. The lowest BCUT2D eigenvalue weighted by Crippen LogP contribution is -2.43. The summed E-state index contributed by atoms with van der Waals surface area (Å²) in [7, 11) is 5.20. The molecule has 10 heteroatoms. The van der Waals surface area contributed by atoms with Crippen LogP contribution in [0.2, 0.25) is 0 Å². The van der Waals surface area contributed by atoms with Crippen molar-refractivity contribution in [1.29, 1.82) is 0 Å². The number of likely N-dealkylation sites (tertiary alicyclic amines) is 1. The van der Waals surface area contributed by atoms with Crippen molar-refractivity contribution in [2.24, 2.45) is 9.98 Å².